The van der Waals surface area contributed by atoms with Crippen molar-refractivity contribution in [1.29, 1.82) is 0 Å². The summed E-state index contributed by atoms with van der Waals surface area (Å²) in [6.07, 6.45) is 3.33. The molecule has 1 aliphatic heterocycles. The SMILES string of the molecule is O=C1NCCCCC1CCF. The smallest absolute Gasteiger partial charge is 0.223 e. The molecule has 0 aromatic rings. The summed E-state index contributed by atoms with van der Waals surface area (Å²) >= 11 is 0. The molecule has 2 nitrogen and oxygen atoms in total. The Labute approximate surface area is 66.2 Å². The molecule has 1 fully saturated rings. The van der Waals surface area contributed by atoms with E-state index in [4.69, 9.17) is 0 Å². The van der Waals surface area contributed by atoms with E-state index < -0.39 is 0 Å². The Morgan fingerprint density at radius 1 is 1.55 bits per heavy atom. The minimum absolute atomic E-state index is 0.0418. The number of carbonyl (C=O) groups is 1. The van der Waals surface area contributed by atoms with Gasteiger partial charge >= 0.3 is 0 Å². The van der Waals surface area contributed by atoms with E-state index in [1.807, 2.05) is 0 Å². The molecule has 1 N–H and O–H groups in total. The Bertz CT molecular complexity index is 138. The maximum Gasteiger partial charge on any atom is 0.223 e. The molecular weight excluding hydrogens is 145 g/mol. The first-order chi connectivity index (χ1) is 5.34. The number of carbonyl (C=O) groups excluding carboxylic acids is 1. The standard InChI is InChI=1S/C8H14FNO/c9-5-4-7-3-1-2-6-10-8(7)11/h7H,1-6H2,(H,10,11). The molecule has 0 radical (unpaired) electrons. The van der Waals surface area contributed by atoms with E-state index >= 15 is 0 Å². The van der Waals surface area contributed by atoms with Gasteiger partial charge in [-0.3, -0.25) is 9.18 Å². The highest BCUT2D eigenvalue weighted by molar-refractivity contribution is 5.78. The molecule has 0 bridgehead atoms. The van der Waals surface area contributed by atoms with Crippen LogP contribution < -0.4 is 5.32 Å². The minimum atomic E-state index is -0.377. The predicted molar refractivity (Wildman–Crippen MR) is 40.9 cm³/mol. The van der Waals surface area contributed by atoms with Crippen LogP contribution in [-0.2, 0) is 4.79 Å². The number of alkyl halides is 1. The topological polar surface area (TPSA) is 29.1 Å². The molecule has 1 unspecified atom stereocenters. The Hall–Kier alpha value is -0.600. The van der Waals surface area contributed by atoms with Crippen molar-refractivity contribution in [2.24, 2.45) is 5.92 Å². The zero-order chi connectivity index (χ0) is 8.10. The average Bonchev–Trinajstić information content (AvgIpc) is 2.18. The third-order valence-electron chi connectivity index (χ3n) is 2.11. The Morgan fingerprint density at radius 2 is 2.36 bits per heavy atom. The highest BCUT2D eigenvalue weighted by atomic mass is 19.1. The van der Waals surface area contributed by atoms with Gasteiger partial charge in [0.1, 0.15) is 0 Å². The third kappa shape index (κ3) is 2.48. The molecule has 0 saturated carbocycles. The van der Waals surface area contributed by atoms with Crippen LogP contribution in [0.25, 0.3) is 0 Å². The van der Waals surface area contributed by atoms with Gasteiger partial charge in [0.2, 0.25) is 5.91 Å². The molecule has 3 heteroatoms. The van der Waals surface area contributed by atoms with Gasteiger partial charge in [-0.1, -0.05) is 6.42 Å². The van der Waals surface area contributed by atoms with E-state index in [1.165, 1.54) is 0 Å². The summed E-state index contributed by atoms with van der Waals surface area (Å²) < 4.78 is 11.9. The third-order valence-corrected chi connectivity index (χ3v) is 2.11. The van der Waals surface area contributed by atoms with Crippen molar-refractivity contribution in [2.45, 2.75) is 25.7 Å². The summed E-state index contributed by atoms with van der Waals surface area (Å²) in [5, 5.41) is 2.77. The molecule has 1 saturated heterocycles. The van der Waals surface area contributed by atoms with Crippen LogP contribution in [0, 0.1) is 5.92 Å². The lowest BCUT2D eigenvalue weighted by Crippen LogP contribution is -2.29. The van der Waals surface area contributed by atoms with Gasteiger partial charge in [0.05, 0.1) is 6.67 Å². The van der Waals surface area contributed by atoms with E-state index in [2.05, 4.69) is 5.32 Å². The fraction of sp³-hybridized carbons (Fsp3) is 0.875. The van der Waals surface area contributed by atoms with Crippen LogP contribution in [0.1, 0.15) is 25.7 Å². The normalized spacial score (nSPS) is 25.9. The lowest BCUT2D eigenvalue weighted by Gasteiger charge is -2.09. The largest absolute Gasteiger partial charge is 0.356 e. The van der Waals surface area contributed by atoms with Crippen molar-refractivity contribution in [3.8, 4) is 0 Å². The van der Waals surface area contributed by atoms with Gasteiger partial charge in [0, 0.05) is 12.5 Å². The quantitative estimate of drug-likeness (QED) is 0.645. The van der Waals surface area contributed by atoms with Gasteiger partial charge in [-0.15, -0.1) is 0 Å². The Morgan fingerprint density at radius 3 is 3.09 bits per heavy atom. The van der Waals surface area contributed by atoms with E-state index in [1.54, 1.807) is 0 Å². The van der Waals surface area contributed by atoms with Gasteiger partial charge in [-0.05, 0) is 19.3 Å². The van der Waals surface area contributed by atoms with E-state index in [0.717, 1.165) is 25.8 Å². The molecule has 64 valence electrons. The number of hydrogen-bond donors (Lipinski definition) is 1. The second-order valence-corrected chi connectivity index (χ2v) is 2.96. The summed E-state index contributed by atoms with van der Waals surface area (Å²) in [4.78, 5) is 11.1. The highest BCUT2D eigenvalue weighted by Crippen LogP contribution is 2.15. The number of amides is 1. The van der Waals surface area contributed by atoms with Gasteiger partial charge in [-0.25, -0.2) is 0 Å². The van der Waals surface area contributed by atoms with E-state index in [-0.39, 0.29) is 18.5 Å². The van der Waals surface area contributed by atoms with Crippen LogP contribution in [0.3, 0.4) is 0 Å². The summed E-state index contributed by atoms with van der Waals surface area (Å²) in [5.74, 6) is -0.0253. The number of hydrogen-bond acceptors (Lipinski definition) is 1. The highest BCUT2D eigenvalue weighted by Gasteiger charge is 2.19. The summed E-state index contributed by atoms with van der Waals surface area (Å²) in [5.41, 5.74) is 0. The molecule has 1 atom stereocenters. The predicted octanol–water partition coefficient (Wildman–Crippen LogP) is 1.26. The average molecular weight is 159 g/mol. The van der Waals surface area contributed by atoms with Crippen LogP contribution in [0.2, 0.25) is 0 Å². The van der Waals surface area contributed by atoms with Crippen molar-refractivity contribution in [1.82, 2.24) is 5.32 Å². The minimum Gasteiger partial charge on any atom is -0.356 e. The van der Waals surface area contributed by atoms with Crippen molar-refractivity contribution in [3.05, 3.63) is 0 Å². The molecule has 0 aromatic carbocycles. The lowest BCUT2D eigenvalue weighted by atomic mass is 10.00. The molecule has 0 aromatic heterocycles. The fourth-order valence-electron chi connectivity index (χ4n) is 1.41. The summed E-state index contributed by atoms with van der Waals surface area (Å²) in [6, 6.07) is 0. The zero-order valence-corrected chi connectivity index (χ0v) is 6.61. The molecule has 11 heavy (non-hydrogen) atoms. The van der Waals surface area contributed by atoms with Crippen molar-refractivity contribution in [2.75, 3.05) is 13.2 Å². The summed E-state index contributed by atoms with van der Waals surface area (Å²) in [7, 11) is 0. The second kappa shape index (κ2) is 4.31. The van der Waals surface area contributed by atoms with Gasteiger partial charge < -0.3 is 5.32 Å². The first-order valence-electron chi connectivity index (χ1n) is 4.18. The zero-order valence-electron chi connectivity index (χ0n) is 6.61. The van der Waals surface area contributed by atoms with Crippen molar-refractivity contribution in [3.63, 3.8) is 0 Å². The van der Waals surface area contributed by atoms with E-state index in [0.29, 0.717) is 6.42 Å². The number of halogens is 1. The first kappa shape index (κ1) is 8.50. The maximum atomic E-state index is 11.9. The molecule has 1 heterocycles. The monoisotopic (exact) mass is 159 g/mol. The maximum absolute atomic E-state index is 11.9. The molecule has 1 rings (SSSR count). The van der Waals surface area contributed by atoms with Gasteiger partial charge in [0.15, 0.2) is 0 Å². The number of rotatable bonds is 2. The van der Waals surface area contributed by atoms with Gasteiger partial charge in [0.25, 0.3) is 0 Å². The van der Waals surface area contributed by atoms with Crippen LogP contribution >= 0.6 is 0 Å². The molecular formula is C8H14FNO. The van der Waals surface area contributed by atoms with E-state index in [9.17, 15) is 9.18 Å². The Balaban J connectivity index is 2.39. The second-order valence-electron chi connectivity index (χ2n) is 2.96. The number of nitrogens with one attached hydrogen (secondary N) is 1. The first-order valence-corrected chi connectivity index (χ1v) is 4.18. The molecule has 1 amide bonds. The van der Waals surface area contributed by atoms with Gasteiger partial charge in [-0.2, -0.15) is 0 Å². The summed E-state index contributed by atoms with van der Waals surface area (Å²) in [6.45, 7) is 0.389. The lowest BCUT2D eigenvalue weighted by molar-refractivity contribution is -0.125. The van der Waals surface area contributed by atoms with Crippen LogP contribution in [0.15, 0.2) is 0 Å². The molecule has 0 aliphatic carbocycles. The van der Waals surface area contributed by atoms with Crippen LogP contribution in [0.4, 0.5) is 4.39 Å². The van der Waals surface area contributed by atoms with Crippen LogP contribution in [-0.4, -0.2) is 19.1 Å². The fourth-order valence-corrected chi connectivity index (χ4v) is 1.41. The molecule has 1 aliphatic rings. The van der Waals surface area contributed by atoms with Crippen molar-refractivity contribution >= 4 is 5.91 Å². The van der Waals surface area contributed by atoms with Crippen LogP contribution in [0.5, 0.6) is 0 Å². The Kier molecular flexibility index (Phi) is 3.33. The molecule has 0 spiro atoms. The van der Waals surface area contributed by atoms with Crippen molar-refractivity contribution < 1.29 is 9.18 Å².